The van der Waals surface area contributed by atoms with Gasteiger partial charge in [-0.3, -0.25) is 4.79 Å². The maximum Gasteiger partial charge on any atom is 0.556 e. The summed E-state index contributed by atoms with van der Waals surface area (Å²) in [7, 11) is 0. The van der Waals surface area contributed by atoms with Crippen LogP contribution in [0.4, 0.5) is 14.6 Å². The number of aryl methyl sites for hydroxylation is 2. The van der Waals surface area contributed by atoms with E-state index >= 15 is 0 Å². The summed E-state index contributed by atoms with van der Waals surface area (Å²) >= 11 is 0. The highest BCUT2D eigenvalue weighted by Gasteiger charge is 2.35. The maximum absolute atomic E-state index is 13.7. The zero-order chi connectivity index (χ0) is 20.2. The minimum absolute atomic E-state index is 0.00827. The van der Waals surface area contributed by atoms with Crippen LogP contribution in [0, 0.1) is 20.8 Å². The lowest BCUT2D eigenvalue weighted by Gasteiger charge is -2.18. The van der Waals surface area contributed by atoms with Crippen LogP contribution in [0.25, 0.3) is 11.3 Å². The normalized spacial score (nSPS) is 11.6. The van der Waals surface area contributed by atoms with Gasteiger partial charge in [-0.1, -0.05) is 12.7 Å². The number of H-pyrrole nitrogens is 1. The number of allylic oxidation sites excluding steroid dienone is 2. The molecule has 27 heavy (non-hydrogen) atoms. The van der Waals surface area contributed by atoms with E-state index in [0.29, 0.717) is 11.3 Å². The van der Waals surface area contributed by atoms with Gasteiger partial charge in [0.25, 0.3) is 5.56 Å². The molecule has 6 nitrogen and oxygen atoms in total. The second-order valence-corrected chi connectivity index (χ2v) is 5.95. The van der Waals surface area contributed by atoms with E-state index in [9.17, 15) is 13.6 Å². The number of nitrogens with one attached hydrogen (secondary N) is 2. The first-order chi connectivity index (χ1) is 12.6. The van der Waals surface area contributed by atoms with E-state index in [-0.39, 0.29) is 17.1 Å². The number of aromatic amines is 1. The molecule has 2 heterocycles. The highest BCUT2D eigenvalue weighted by atomic mass is 19.3. The summed E-state index contributed by atoms with van der Waals surface area (Å²) in [4.78, 5) is 23.3. The third kappa shape index (κ3) is 5.24. The Morgan fingerprint density at radius 1 is 1.33 bits per heavy atom. The zero-order valence-electron chi connectivity index (χ0n) is 15.5. The van der Waals surface area contributed by atoms with Crippen molar-refractivity contribution < 1.29 is 18.4 Å². The van der Waals surface area contributed by atoms with Gasteiger partial charge in [-0.05, 0) is 62.6 Å². The van der Waals surface area contributed by atoms with Crippen LogP contribution in [0.1, 0.15) is 23.6 Å². The molecule has 0 aliphatic carbocycles. The standard InChI is InChI=1S/C19H21F2N3O3/c1-6-7-13(4)26-19(20,21)27-24-16-9-12(3)14(5)17(23-16)15-8-11(2)10-22-18(15)25/h6-10H,4H2,1-3,5H3,(H,22,25)(H,23,24)/b7-6-. The van der Waals surface area contributed by atoms with Gasteiger partial charge in [-0.2, -0.15) is 4.84 Å². The quantitative estimate of drug-likeness (QED) is 0.324. The first-order valence-corrected chi connectivity index (χ1v) is 8.13. The summed E-state index contributed by atoms with van der Waals surface area (Å²) in [5.74, 6) is -0.252. The Morgan fingerprint density at radius 2 is 2.04 bits per heavy atom. The SMILES string of the molecule is C=C(/C=C\C)OC(F)(F)ONc1cc(C)c(C)c(-c2cc(C)c[nH]c2=O)n1. The number of ether oxygens (including phenoxy) is 1. The molecule has 2 aromatic heterocycles. The first kappa shape index (κ1) is 20.3. The Hall–Kier alpha value is -3.00. The molecule has 0 unspecified atom stereocenters. The Balaban J connectivity index is 2.29. The maximum atomic E-state index is 13.7. The molecule has 0 bridgehead atoms. The fraction of sp³-hybridized carbons (Fsp3) is 0.263. The van der Waals surface area contributed by atoms with E-state index < -0.39 is 6.29 Å². The highest BCUT2D eigenvalue weighted by molar-refractivity contribution is 5.66. The van der Waals surface area contributed by atoms with Crippen LogP contribution in [-0.2, 0) is 9.57 Å². The van der Waals surface area contributed by atoms with Gasteiger partial charge < -0.3 is 9.72 Å². The lowest BCUT2D eigenvalue weighted by Crippen LogP contribution is -2.27. The topological polar surface area (TPSA) is 76.2 Å². The molecular formula is C19H21F2N3O3. The van der Waals surface area contributed by atoms with E-state index in [1.807, 2.05) is 6.92 Å². The second kappa shape index (κ2) is 8.13. The van der Waals surface area contributed by atoms with Crippen LogP contribution in [0.15, 0.2) is 47.6 Å². The Bertz CT molecular complexity index is 936. The summed E-state index contributed by atoms with van der Waals surface area (Å²) in [6.07, 6.45) is 0.392. The molecule has 0 radical (unpaired) electrons. The zero-order valence-corrected chi connectivity index (χ0v) is 15.5. The van der Waals surface area contributed by atoms with E-state index in [4.69, 9.17) is 0 Å². The van der Waals surface area contributed by atoms with Crippen molar-refractivity contribution >= 4 is 5.82 Å². The molecule has 144 valence electrons. The average Bonchev–Trinajstić information content (AvgIpc) is 2.58. The number of hydrogen-bond donors (Lipinski definition) is 2. The number of nitrogens with zero attached hydrogens (tertiary/aromatic N) is 1. The number of alkyl halides is 2. The fourth-order valence-corrected chi connectivity index (χ4v) is 2.32. The number of hydrogen-bond acceptors (Lipinski definition) is 5. The van der Waals surface area contributed by atoms with Gasteiger partial charge in [0.2, 0.25) is 0 Å². The van der Waals surface area contributed by atoms with E-state index in [0.717, 1.165) is 16.7 Å². The molecule has 2 rings (SSSR count). The van der Waals surface area contributed by atoms with Gasteiger partial charge in [0.05, 0.1) is 11.3 Å². The molecule has 0 aliphatic heterocycles. The van der Waals surface area contributed by atoms with Crippen molar-refractivity contribution in [3.63, 3.8) is 0 Å². The van der Waals surface area contributed by atoms with Crippen LogP contribution in [0.3, 0.4) is 0 Å². The van der Waals surface area contributed by atoms with Gasteiger partial charge in [-0.15, -0.1) is 8.78 Å². The number of halogens is 2. The first-order valence-electron chi connectivity index (χ1n) is 8.13. The predicted molar refractivity (Wildman–Crippen MR) is 99.2 cm³/mol. The van der Waals surface area contributed by atoms with Gasteiger partial charge in [0.1, 0.15) is 5.76 Å². The number of aromatic nitrogens is 2. The van der Waals surface area contributed by atoms with Crippen LogP contribution in [0.5, 0.6) is 0 Å². The molecule has 0 atom stereocenters. The molecule has 0 spiro atoms. The molecule has 0 saturated heterocycles. The molecule has 8 heteroatoms. The number of pyridine rings is 2. The summed E-state index contributed by atoms with van der Waals surface area (Å²) in [5.41, 5.74) is 4.79. The molecule has 0 fully saturated rings. The predicted octanol–water partition coefficient (Wildman–Crippen LogP) is 4.36. The van der Waals surface area contributed by atoms with Gasteiger partial charge >= 0.3 is 6.29 Å². The third-order valence-electron chi connectivity index (χ3n) is 3.71. The number of anilines is 1. The fourth-order valence-electron chi connectivity index (χ4n) is 2.32. The van der Waals surface area contributed by atoms with Gasteiger partial charge in [0, 0.05) is 6.20 Å². The summed E-state index contributed by atoms with van der Waals surface area (Å²) in [6, 6.07) is 3.21. The summed E-state index contributed by atoms with van der Waals surface area (Å²) in [5, 5.41) is 0. The minimum Gasteiger partial charge on any atom is -0.409 e. The third-order valence-corrected chi connectivity index (χ3v) is 3.71. The summed E-state index contributed by atoms with van der Waals surface area (Å²) < 4.78 is 31.8. The Morgan fingerprint density at radius 3 is 2.70 bits per heavy atom. The van der Waals surface area contributed by atoms with Crippen molar-refractivity contribution in [2.45, 2.75) is 34.0 Å². The Labute approximate surface area is 155 Å². The molecular weight excluding hydrogens is 356 g/mol. The smallest absolute Gasteiger partial charge is 0.409 e. The highest BCUT2D eigenvalue weighted by Crippen LogP contribution is 2.26. The van der Waals surface area contributed by atoms with Crippen molar-refractivity contribution in [1.82, 2.24) is 9.97 Å². The molecule has 0 aromatic carbocycles. The molecule has 2 N–H and O–H groups in total. The lowest BCUT2D eigenvalue weighted by molar-refractivity contribution is -0.365. The average molecular weight is 377 g/mol. The van der Waals surface area contributed by atoms with Crippen molar-refractivity contribution in [3.05, 3.63) is 69.9 Å². The molecule has 0 aliphatic rings. The van der Waals surface area contributed by atoms with Crippen LogP contribution in [0.2, 0.25) is 0 Å². The lowest BCUT2D eigenvalue weighted by atomic mass is 10.0. The van der Waals surface area contributed by atoms with Gasteiger partial charge in [0.15, 0.2) is 5.82 Å². The van der Waals surface area contributed by atoms with E-state index in [1.165, 1.54) is 18.2 Å². The second-order valence-electron chi connectivity index (χ2n) is 5.95. The van der Waals surface area contributed by atoms with Crippen molar-refractivity contribution in [2.75, 3.05) is 5.48 Å². The molecule has 0 amide bonds. The summed E-state index contributed by atoms with van der Waals surface area (Å²) in [6.45, 7) is 10.4. The monoisotopic (exact) mass is 377 g/mol. The molecule has 0 saturated carbocycles. The van der Waals surface area contributed by atoms with Gasteiger partial charge in [-0.25, -0.2) is 10.5 Å². The van der Waals surface area contributed by atoms with Crippen LogP contribution < -0.4 is 11.0 Å². The van der Waals surface area contributed by atoms with Crippen molar-refractivity contribution in [2.24, 2.45) is 0 Å². The van der Waals surface area contributed by atoms with E-state index in [2.05, 4.69) is 31.6 Å². The minimum atomic E-state index is -3.96. The van der Waals surface area contributed by atoms with Crippen molar-refractivity contribution in [1.29, 1.82) is 0 Å². The molecule has 2 aromatic rings. The van der Waals surface area contributed by atoms with Crippen LogP contribution in [-0.4, -0.2) is 16.3 Å². The number of rotatable bonds is 7. The largest absolute Gasteiger partial charge is 0.556 e. The Kier molecular flexibility index (Phi) is 6.12. The van der Waals surface area contributed by atoms with Crippen molar-refractivity contribution in [3.8, 4) is 11.3 Å². The van der Waals surface area contributed by atoms with Crippen LogP contribution >= 0.6 is 0 Å². The van der Waals surface area contributed by atoms with E-state index in [1.54, 1.807) is 33.0 Å².